The molecule has 3 nitrogen and oxygen atoms in total. The van der Waals surface area contributed by atoms with Gasteiger partial charge in [0.05, 0.1) is 11.9 Å². The Bertz CT molecular complexity index is 516. The lowest BCUT2D eigenvalue weighted by Gasteiger charge is -2.06. The topological polar surface area (TPSA) is 34.9 Å². The van der Waals surface area contributed by atoms with Crippen molar-refractivity contribution >= 4 is 5.78 Å². The zero-order valence-corrected chi connectivity index (χ0v) is 10.8. The number of ketones is 1. The van der Waals surface area contributed by atoms with Crippen LogP contribution in [0.15, 0.2) is 42.7 Å². The van der Waals surface area contributed by atoms with Gasteiger partial charge in [-0.3, -0.25) is 4.79 Å². The molecule has 1 heterocycles. The van der Waals surface area contributed by atoms with Crippen LogP contribution in [0, 0.1) is 5.92 Å². The molecule has 1 aromatic heterocycles. The van der Waals surface area contributed by atoms with E-state index in [9.17, 15) is 4.79 Å². The Morgan fingerprint density at radius 2 is 2.06 bits per heavy atom. The Morgan fingerprint density at radius 3 is 2.72 bits per heavy atom. The summed E-state index contributed by atoms with van der Waals surface area (Å²) in [5, 5.41) is 4.33. The number of benzene rings is 1. The summed E-state index contributed by atoms with van der Waals surface area (Å²) in [6.45, 7) is 3.89. The summed E-state index contributed by atoms with van der Waals surface area (Å²) in [5.74, 6) is 0.380. The molecule has 0 spiro atoms. The van der Waals surface area contributed by atoms with Crippen LogP contribution in [0.3, 0.4) is 0 Å². The summed E-state index contributed by atoms with van der Waals surface area (Å²) in [7, 11) is 0. The zero-order chi connectivity index (χ0) is 13.0. The third-order valence-corrected chi connectivity index (χ3v) is 3.10. The molecule has 0 bridgehead atoms. The number of rotatable bonds is 5. The Hall–Kier alpha value is -1.90. The van der Waals surface area contributed by atoms with Gasteiger partial charge in [-0.2, -0.15) is 5.10 Å². The van der Waals surface area contributed by atoms with Gasteiger partial charge < -0.3 is 0 Å². The Morgan fingerprint density at radius 1 is 1.33 bits per heavy atom. The van der Waals surface area contributed by atoms with Crippen molar-refractivity contribution in [3.05, 3.63) is 48.3 Å². The molecule has 94 valence electrons. The van der Waals surface area contributed by atoms with E-state index in [4.69, 9.17) is 0 Å². The predicted octanol–water partition coefficient (Wildman–Crippen LogP) is 3.03. The third kappa shape index (κ3) is 2.86. The molecule has 0 saturated carbocycles. The second-order valence-electron chi connectivity index (χ2n) is 4.55. The Labute approximate surface area is 107 Å². The van der Waals surface area contributed by atoms with Crippen molar-refractivity contribution in [3.8, 4) is 5.69 Å². The smallest absolute Gasteiger partial charge is 0.135 e. The summed E-state index contributed by atoms with van der Waals surface area (Å²) >= 11 is 0. The third-order valence-electron chi connectivity index (χ3n) is 3.10. The fraction of sp³-hybridized carbons (Fsp3) is 0.333. The first kappa shape index (κ1) is 12.6. The molecule has 0 radical (unpaired) electrons. The molecular formula is C15H18N2O. The highest BCUT2D eigenvalue weighted by Crippen LogP contribution is 2.13. The first-order valence-electron chi connectivity index (χ1n) is 6.32. The van der Waals surface area contributed by atoms with Gasteiger partial charge in [-0.05, 0) is 24.1 Å². The molecule has 0 N–H and O–H groups in total. The zero-order valence-electron chi connectivity index (χ0n) is 10.8. The average Bonchev–Trinajstić information content (AvgIpc) is 2.87. The van der Waals surface area contributed by atoms with Crippen LogP contribution >= 0.6 is 0 Å². The van der Waals surface area contributed by atoms with E-state index in [2.05, 4.69) is 5.10 Å². The van der Waals surface area contributed by atoms with E-state index < -0.39 is 0 Å². The highest BCUT2D eigenvalue weighted by molar-refractivity contribution is 5.80. The number of carbonyl (C=O) groups excluding carboxylic acids is 1. The minimum Gasteiger partial charge on any atom is -0.299 e. The largest absolute Gasteiger partial charge is 0.299 e. The fourth-order valence-electron chi connectivity index (χ4n) is 2.00. The molecule has 0 aliphatic heterocycles. The minimum atomic E-state index is 0.0726. The highest BCUT2D eigenvalue weighted by atomic mass is 16.1. The van der Waals surface area contributed by atoms with Crippen molar-refractivity contribution < 1.29 is 4.79 Å². The molecule has 2 rings (SSSR count). The lowest BCUT2D eigenvalue weighted by atomic mass is 9.98. The molecule has 0 amide bonds. The number of hydrogen-bond donors (Lipinski definition) is 0. The Balaban J connectivity index is 2.09. The molecule has 0 fully saturated rings. The number of hydrogen-bond acceptors (Lipinski definition) is 2. The molecule has 1 unspecified atom stereocenters. The standard InChI is InChI=1S/C15H18N2O/c1-3-15(18)12(2)9-13-10-16-17(11-13)14-7-5-4-6-8-14/h4-8,10-12H,3,9H2,1-2H3. The summed E-state index contributed by atoms with van der Waals surface area (Å²) < 4.78 is 1.85. The van der Waals surface area contributed by atoms with Gasteiger partial charge in [0.15, 0.2) is 0 Å². The lowest BCUT2D eigenvalue weighted by Crippen LogP contribution is -2.11. The van der Waals surface area contributed by atoms with Crippen LogP contribution in [0.5, 0.6) is 0 Å². The van der Waals surface area contributed by atoms with Crippen LogP contribution in [0.25, 0.3) is 5.69 Å². The number of Topliss-reactive ketones (excluding diaryl/α,β-unsaturated/α-hetero) is 1. The monoisotopic (exact) mass is 242 g/mol. The molecular weight excluding hydrogens is 224 g/mol. The van der Waals surface area contributed by atoms with Crippen LogP contribution in [0.4, 0.5) is 0 Å². The fourth-order valence-corrected chi connectivity index (χ4v) is 2.00. The highest BCUT2D eigenvalue weighted by Gasteiger charge is 2.12. The quantitative estimate of drug-likeness (QED) is 0.807. The van der Waals surface area contributed by atoms with Crippen LogP contribution in [0.2, 0.25) is 0 Å². The van der Waals surface area contributed by atoms with E-state index >= 15 is 0 Å². The molecule has 0 saturated heterocycles. The molecule has 0 aliphatic carbocycles. The first-order chi connectivity index (χ1) is 8.70. The maximum Gasteiger partial charge on any atom is 0.135 e. The van der Waals surface area contributed by atoms with E-state index in [0.29, 0.717) is 12.2 Å². The van der Waals surface area contributed by atoms with Gasteiger partial charge in [0.1, 0.15) is 5.78 Å². The van der Waals surface area contributed by atoms with Crippen molar-refractivity contribution in [2.24, 2.45) is 5.92 Å². The number of carbonyl (C=O) groups is 1. The minimum absolute atomic E-state index is 0.0726. The molecule has 1 atom stereocenters. The van der Waals surface area contributed by atoms with E-state index in [1.54, 1.807) is 0 Å². The van der Waals surface area contributed by atoms with Crippen LogP contribution in [0.1, 0.15) is 25.8 Å². The van der Waals surface area contributed by atoms with E-state index in [1.807, 2.05) is 61.3 Å². The number of nitrogens with zero attached hydrogens (tertiary/aromatic N) is 2. The van der Waals surface area contributed by atoms with E-state index in [0.717, 1.165) is 17.7 Å². The first-order valence-corrected chi connectivity index (χ1v) is 6.32. The summed E-state index contributed by atoms with van der Waals surface area (Å²) in [4.78, 5) is 11.6. The second kappa shape index (κ2) is 5.63. The van der Waals surface area contributed by atoms with Gasteiger partial charge in [-0.25, -0.2) is 4.68 Å². The van der Waals surface area contributed by atoms with Crippen molar-refractivity contribution in [1.29, 1.82) is 0 Å². The van der Waals surface area contributed by atoms with Crippen molar-refractivity contribution in [1.82, 2.24) is 9.78 Å². The van der Waals surface area contributed by atoms with E-state index in [1.165, 1.54) is 0 Å². The molecule has 1 aromatic carbocycles. The van der Waals surface area contributed by atoms with E-state index in [-0.39, 0.29) is 5.92 Å². The van der Waals surface area contributed by atoms with Gasteiger partial charge in [0.2, 0.25) is 0 Å². The number of aromatic nitrogens is 2. The lowest BCUT2D eigenvalue weighted by molar-refractivity contribution is -0.122. The van der Waals surface area contributed by atoms with Crippen molar-refractivity contribution in [2.75, 3.05) is 0 Å². The van der Waals surface area contributed by atoms with Crippen LogP contribution in [-0.2, 0) is 11.2 Å². The maximum atomic E-state index is 11.6. The SMILES string of the molecule is CCC(=O)C(C)Cc1cnn(-c2ccccc2)c1. The van der Waals surface area contributed by atoms with Crippen LogP contribution < -0.4 is 0 Å². The average molecular weight is 242 g/mol. The van der Waals surface area contributed by atoms with Gasteiger partial charge in [-0.1, -0.05) is 32.0 Å². The van der Waals surface area contributed by atoms with Gasteiger partial charge in [-0.15, -0.1) is 0 Å². The van der Waals surface area contributed by atoms with Gasteiger partial charge >= 0.3 is 0 Å². The second-order valence-corrected chi connectivity index (χ2v) is 4.55. The van der Waals surface area contributed by atoms with Crippen LogP contribution in [-0.4, -0.2) is 15.6 Å². The van der Waals surface area contributed by atoms with Crippen molar-refractivity contribution in [2.45, 2.75) is 26.7 Å². The molecule has 0 aliphatic rings. The summed E-state index contributed by atoms with van der Waals surface area (Å²) in [5.41, 5.74) is 2.14. The maximum absolute atomic E-state index is 11.6. The summed E-state index contributed by atoms with van der Waals surface area (Å²) in [6.07, 6.45) is 5.20. The molecule has 3 heteroatoms. The molecule has 2 aromatic rings. The van der Waals surface area contributed by atoms with Crippen molar-refractivity contribution in [3.63, 3.8) is 0 Å². The normalized spacial score (nSPS) is 12.3. The summed E-state index contributed by atoms with van der Waals surface area (Å²) in [6, 6.07) is 9.98. The van der Waals surface area contributed by atoms with Gasteiger partial charge in [0.25, 0.3) is 0 Å². The Kier molecular flexibility index (Phi) is 3.92. The molecule has 18 heavy (non-hydrogen) atoms. The number of para-hydroxylation sites is 1. The van der Waals surface area contributed by atoms with Gasteiger partial charge in [0, 0.05) is 18.5 Å². The predicted molar refractivity (Wildman–Crippen MR) is 71.7 cm³/mol.